The van der Waals surface area contributed by atoms with E-state index in [-0.39, 0.29) is 19.0 Å². The van der Waals surface area contributed by atoms with Crippen LogP contribution in [0, 0.1) is 23.7 Å². The zero-order chi connectivity index (χ0) is 22.0. The molecule has 31 heavy (non-hydrogen) atoms. The lowest BCUT2D eigenvalue weighted by Gasteiger charge is -2.49. The van der Waals surface area contributed by atoms with Gasteiger partial charge in [0.05, 0.1) is 22.2 Å². The molecule has 0 amide bonds. The van der Waals surface area contributed by atoms with E-state index in [9.17, 15) is 10.4 Å². The van der Waals surface area contributed by atoms with E-state index in [1.807, 2.05) is 27.0 Å². The molecule has 0 radical (unpaired) electrons. The molecule has 1 aliphatic carbocycles. The van der Waals surface area contributed by atoms with Crippen molar-refractivity contribution in [2.75, 3.05) is 17.2 Å². The second-order valence-electron chi connectivity index (χ2n) is 8.45. The van der Waals surface area contributed by atoms with Crippen molar-refractivity contribution in [1.82, 2.24) is 15.0 Å². The molecule has 2 atom stereocenters. The van der Waals surface area contributed by atoms with E-state index in [1.54, 1.807) is 11.3 Å². The molecule has 1 saturated carbocycles. The van der Waals surface area contributed by atoms with E-state index < -0.39 is 0 Å². The first-order chi connectivity index (χ1) is 14.9. The molecule has 0 aliphatic heterocycles. The Labute approximate surface area is 187 Å². The van der Waals surface area contributed by atoms with Crippen molar-refractivity contribution in [1.29, 1.82) is 5.26 Å². The van der Waals surface area contributed by atoms with Crippen LogP contribution in [0.25, 0.3) is 10.4 Å². The van der Waals surface area contributed by atoms with Gasteiger partial charge in [-0.05, 0) is 30.9 Å². The summed E-state index contributed by atoms with van der Waals surface area (Å²) in [6.07, 6.45) is 4.57. The molecule has 8 heteroatoms. The van der Waals surface area contributed by atoms with Crippen LogP contribution in [-0.2, 0) is 6.42 Å². The minimum absolute atomic E-state index is 0. The summed E-state index contributed by atoms with van der Waals surface area (Å²) in [4.78, 5) is 14.3. The predicted octanol–water partition coefficient (Wildman–Crippen LogP) is 4.25. The van der Waals surface area contributed by atoms with Crippen molar-refractivity contribution in [3.63, 3.8) is 0 Å². The molecule has 0 unspecified atom stereocenters. The molecule has 2 aromatic heterocycles. The molecule has 4 rings (SSSR count). The zero-order valence-electron chi connectivity index (χ0n) is 17.9. The Kier molecular flexibility index (Phi) is 5.90. The highest BCUT2D eigenvalue weighted by Gasteiger charge is 2.47. The number of nitriles is 1. The van der Waals surface area contributed by atoms with Crippen LogP contribution >= 0.6 is 11.3 Å². The third kappa shape index (κ3) is 4.53. The first kappa shape index (κ1) is 21.2. The lowest BCUT2D eigenvalue weighted by atomic mass is 9.64. The fourth-order valence-electron chi connectivity index (χ4n) is 3.62. The molecule has 0 spiro atoms. The Hall–Kier alpha value is -3.02. The highest BCUT2D eigenvalue weighted by Crippen LogP contribution is 2.42. The van der Waals surface area contributed by atoms with Gasteiger partial charge in [-0.2, -0.15) is 10.2 Å². The smallest absolute Gasteiger partial charge is 0.224 e. The number of nitrogens with zero attached hydrogens (tertiary/aromatic N) is 4. The summed E-state index contributed by atoms with van der Waals surface area (Å²) < 4.78 is 0. The normalized spacial score (nSPS) is 19.3. The summed E-state index contributed by atoms with van der Waals surface area (Å²) in [6.45, 7) is 6.70. The minimum Gasteiger partial charge on any atom is -0.392 e. The topological polar surface area (TPSA) is 107 Å². The largest absolute Gasteiger partial charge is 0.392 e. The Morgan fingerprint density at radius 2 is 2.03 bits per heavy atom. The van der Waals surface area contributed by atoms with Crippen molar-refractivity contribution < 1.29 is 6.53 Å². The molecule has 1 aliphatic rings. The maximum absolute atomic E-state index is 9.96. The van der Waals surface area contributed by atoms with Crippen LogP contribution in [0.1, 0.15) is 37.8 Å². The van der Waals surface area contributed by atoms with Crippen LogP contribution in [0.3, 0.4) is 0 Å². The lowest BCUT2D eigenvalue weighted by Crippen LogP contribution is -2.57. The van der Waals surface area contributed by atoms with E-state index >= 15 is 0 Å². The van der Waals surface area contributed by atoms with Gasteiger partial charge in [0.1, 0.15) is 17.5 Å². The van der Waals surface area contributed by atoms with E-state index in [0.29, 0.717) is 30.3 Å². The highest BCUT2D eigenvalue weighted by atomic mass is 32.1. The van der Waals surface area contributed by atoms with Gasteiger partial charge in [-0.25, -0.2) is 9.97 Å². The summed E-state index contributed by atoms with van der Waals surface area (Å²) in [7, 11) is 0. The summed E-state index contributed by atoms with van der Waals surface area (Å²) in [5.74, 6) is 0.991. The second-order valence-corrected chi connectivity index (χ2v) is 9.69. The molecule has 0 bridgehead atoms. The van der Waals surface area contributed by atoms with Crippen molar-refractivity contribution in [2.24, 2.45) is 5.41 Å². The quantitative estimate of drug-likeness (QED) is 0.508. The lowest BCUT2D eigenvalue weighted by molar-refractivity contribution is -0.0511. The first-order valence-electron chi connectivity index (χ1n) is 10.3. The molecule has 1 fully saturated rings. The molecule has 3 aromatic rings. The standard InChI is InChI=1S/C23H26N6OS.H2/c1-14-26-13-18(31-14)16-6-4-15(5-7-16)8-9-25-22-27-12-17(11-24)21(29-22)28-19-10-20(30)23(19,2)3;/h4-7,12-13,19-20,30H,8-10H2,1-3H3,(H2,25,27,28,29);1H/t19-,20-;/m1./s1. The van der Waals surface area contributed by atoms with Gasteiger partial charge in [-0.1, -0.05) is 38.1 Å². The fraction of sp³-hybridized carbons (Fsp3) is 0.391. The van der Waals surface area contributed by atoms with Gasteiger partial charge >= 0.3 is 0 Å². The number of rotatable bonds is 7. The molecular formula is C23H28N6OS. The van der Waals surface area contributed by atoms with Gasteiger partial charge in [0, 0.05) is 25.6 Å². The van der Waals surface area contributed by atoms with Gasteiger partial charge in [0.15, 0.2) is 0 Å². The van der Waals surface area contributed by atoms with Gasteiger partial charge < -0.3 is 15.7 Å². The number of anilines is 2. The van der Waals surface area contributed by atoms with Gasteiger partial charge in [-0.15, -0.1) is 11.3 Å². The van der Waals surface area contributed by atoms with Crippen LogP contribution in [0.15, 0.2) is 36.7 Å². The number of hydrogen-bond acceptors (Lipinski definition) is 8. The molecule has 1 aromatic carbocycles. The number of aryl methyl sites for hydroxylation is 1. The highest BCUT2D eigenvalue weighted by molar-refractivity contribution is 7.15. The third-order valence-corrected chi connectivity index (χ3v) is 6.95. The predicted molar refractivity (Wildman–Crippen MR) is 125 cm³/mol. The molecular weight excluding hydrogens is 408 g/mol. The van der Waals surface area contributed by atoms with E-state index in [0.717, 1.165) is 11.4 Å². The summed E-state index contributed by atoms with van der Waals surface area (Å²) in [5.41, 5.74) is 2.54. The molecule has 7 nitrogen and oxygen atoms in total. The number of aliphatic hydroxyl groups excluding tert-OH is 1. The third-order valence-electron chi connectivity index (χ3n) is 5.99. The average Bonchev–Trinajstić information content (AvgIpc) is 3.20. The Balaban J connectivity index is 0.00000289. The van der Waals surface area contributed by atoms with Crippen molar-refractivity contribution in [3.8, 4) is 16.5 Å². The number of thiazole rings is 1. The zero-order valence-corrected chi connectivity index (χ0v) is 18.7. The van der Waals surface area contributed by atoms with Gasteiger partial charge in [0.25, 0.3) is 0 Å². The first-order valence-corrected chi connectivity index (χ1v) is 11.2. The minimum atomic E-state index is -0.346. The van der Waals surface area contributed by atoms with Crippen LogP contribution in [0.5, 0.6) is 0 Å². The van der Waals surface area contributed by atoms with Gasteiger partial charge in [0.2, 0.25) is 5.95 Å². The van der Waals surface area contributed by atoms with Crippen LogP contribution in [-0.4, -0.2) is 38.7 Å². The van der Waals surface area contributed by atoms with Crippen molar-refractivity contribution >= 4 is 23.1 Å². The van der Waals surface area contributed by atoms with Gasteiger partial charge in [-0.3, -0.25) is 0 Å². The summed E-state index contributed by atoms with van der Waals surface area (Å²) >= 11 is 1.69. The summed E-state index contributed by atoms with van der Waals surface area (Å²) in [5, 5.41) is 27.0. The average molecular weight is 437 g/mol. The number of aromatic nitrogens is 3. The van der Waals surface area contributed by atoms with Crippen molar-refractivity contribution in [2.45, 2.75) is 45.8 Å². The number of nitrogens with one attached hydrogen (secondary N) is 2. The van der Waals surface area contributed by atoms with Crippen LogP contribution < -0.4 is 10.6 Å². The number of hydrogen-bond donors (Lipinski definition) is 3. The van der Waals surface area contributed by atoms with E-state index in [1.165, 1.54) is 22.2 Å². The Bertz CT molecular complexity index is 1110. The van der Waals surface area contributed by atoms with E-state index in [2.05, 4.69) is 55.9 Å². The number of benzene rings is 1. The van der Waals surface area contributed by atoms with Crippen LogP contribution in [0.4, 0.5) is 11.8 Å². The fourth-order valence-corrected chi connectivity index (χ4v) is 4.40. The SMILES string of the molecule is Cc1ncc(-c2ccc(CCNc3ncc(C#N)c(N[C@@H]4C[C@@H](O)C4(C)C)n3)cc2)s1.[HH]. The Morgan fingerprint density at radius 1 is 1.26 bits per heavy atom. The van der Waals surface area contributed by atoms with Crippen molar-refractivity contribution in [3.05, 3.63) is 52.8 Å². The molecule has 2 heterocycles. The Morgan fingerprint density at radius 3 is 2.65 bits per heavy atom. The maximum atomic E-state index is 9.96. The maximum Gasteiger partial charge on any atom is 0.224 e. The monoisotopic (exact) mass is 436 g/mol. The van der Waals surface area contributed by atoms with E-state index in [4.69, 9.17) is 0 Å². The van der Waals surface area contributed by atoms with Crippen LogP contribution in [0.2, 0.25) is 0 Å². The summed E-state index contributed by atoms with van der Waals surface area (Å²) in [6, 6.07) is 10.7. The molecule has 3 N–H and O–H groups in total. The molecule has 162 valence electrons. The second kappa shape index (κ2) is 8.61. The molecule has 0 saturated heterocycles. The number of aliphatic hydroxyl groups is 1.